The minimum Gasteiger partial charge on any atom is -0.320 e. The van der Waals surface area contributed by atoms with E-state index in [9.17, 15) is 4.79 Å². The SMILES string of the molecule is CC1C(N2CCCC2)CCN1C(=O)Nc1ccnnc1. The normalized spacial score (nSPS) is 26.9. The van der Waals surface area contributed by atoms with E-state index < -0.39 is 0 Å². The Bertz CT molecular complexity index is 460. The van der Waals surface area contributed by atoms with Gasteiger partial charge in [-0.25, -0.2) is 4.79 Å². The van der Waals surface area contributed by atoms with Gasteiger partial charge in [0.2, 0.25) is 0 Å². The van der Waals surface area contributed by atoms with Crippen LogP contribution in [0.2, 0.25) is 0 Å². The zero-order valence-electron chi connectivity index (χ0n) is 11.8. The van der Waals surface area contributed by atoms with E-state index in [1.807, 2.05) is 4.90 Å². The van der Waals surface area contributed by atoms with Crippen molar-refractivity contribution in [3.63, 3.8) is 0 Å². The Morgan fingerprint density at radius 3 is 2.80 bits per heavy atom. The molecular weight excluding hydrogens is 254 g/mol. The van der Waals surface area contributed by atoms with Crippen molar-refractivity contribution in [2.24, 2.45) is 0 Å². The van der Waals surface area contributed by atoms with Gasteiger partial charge in [0, 0.05) is 18.6 Å². The van der Waals surface area contributed by atoms with Gasteiger partial charge in [-0.2, -0.15) is 10.2 Å². The van der Waals surface area contributed by atoms with Crippen molar-refractivity contribution in [2.45, 2.75) is 38.3 Å². The van der Waals surface area contributed by atoms with Crippen LogP contribution in [0.1, 0.15) is 26.2 Å². The molecule has 108 valence electrons. The molecule has 20 heavy (non-hydrogen) atoms. The minimum atomic E-state index is -0.0350. The van der Waals surface area contributed by atoms with Crippen molar-refractivity contribution in [3.05, 3.63) is 18.5 Å². The number of carbonyl (C=O) groups excluding carboxylic acids is 1. The molecule has 2 atom stereocenters. The second-order valence-electron chi connectivity index (χ2n) is 5.59. The predicted octanol–water partition coefficient (Wildman–Crippen LogP) is 1.57. The van der Waals surface area contributed by atoms with Gasteiger partial charge in [0.1, 0.15) is 0 Å². The van der Waals surface area contributed by atoms with Crippen molar-refractivity contribution < 1.29 is 4.79 Å². The van der Waals surface area contributed by atoms with Crippen molar-refractivity contribution >= 4 is 11.7 Å². The van der Waals surface area contributed by atoms with Crippen molar-refractivity contribution in [1.29, 1.82) is 0 Å². The number of nitrogens with zero attached hydrogens (tertiary/aromatic N) is 4. The van der Waals surface area contributed by atoms with Crippen molar-refractivity contribution in [2.75, 3.05) is 25.0 Å². The van der Waals surface area contributed by atoms with Crippen LogP contribution in [0.15, 0.2) is 18.5 Å². The highest BCUT2D eigenvalue weighted by Crippen LogP contribution is 2.26. The van der Waals surface area contributed by atoms with E-state index in [-0.39, 0.29) is 12.1 Å². The van der Waals surface area contributed by atoms with Crippen LogP contribution in [0.4, 0.5) is 10.5 Å². The van der Waals surface area contributed by atoms with E-state index in [1.165, 1.54) is 25.9 Å². The van der Waals surface area contributed by atoms with Crippen molar-refractivity contribution in [1.82, 2.24) is 20.0 Å². The van der Waals surface area contributed by atoms with Crippen LogP contribution in [0.3, 0.4) is 0 Å². The summed E-state index contributed by atoms with van der Waals surface area (Å²) in [5.74, 6) is 0. The second-order valence-corrected chi connectivity index (χ2v) is 5.59. The molecule has 0 saturated carbocycles. The summed E-state index contributed by atoms with van der Waals surface area (Å²) in [6.45, 7) is 5.34. The summed E-state index contributed by atoms with van der Waals surface area (Å²) in [4.78, 5) is 16.8. The van der Waals surface area contributed by atoms with E-state index in [4.69, 9.17) is 0 Å². The first-order valence-electron chi connectivity index (χ1n) is 7.34. The molecule has 2 aliphatic rings. The monoisotopic (exact) mass is 275 g/mol. The number of likely N-dealkylation sites (tertiary alicyclic amines) is 2. The molecule has 0 spiro atoms. The molecule has 6 nitrogen and oxygen atoms in total. The summed E-state index contributed by atoms with van der Waals surface area (Å²) < 4.78 is 0. The number of rotatable bonds is 2. The van der Waals surface area contributed by atoms with Gasteiger partial charge >= 0.3 is 6.03 Å². The van der Waals surface area contributed by atoms with Crippen LogP contribution in [-0.2, 0) is 0 Å². The zero-order chi connectivity index (χ0) is 13.9. The third kappa shape index (κ3) is 2.60. The standard InChI is InChI=1S/C14H21N5O/c1-11-13(18-7-2-3-8-18)5-9-19(11)14(20)17-12-4-6-15-16-10-12/h4,6,10-11,13H,2-3,5,7-9H2,1H3,(H,15,17,20). The molecule has 1 N–H and O–H groups in total. The van der Waals surface area contributed by atoms with E-state index >= 15 is 0 Å². The van der Waals surface area contributed by atoms with Gasteiger partial charge in [0.15, 0.2) is 0 Å². The van der Waals surface area contributed by atoms with Crippen LogP contribution in [0.25, 0.3) is 0 Å². The maximum atomic E-state index is 12.3. The molecule has 2 amide bonds. The van der Waals surface area contributed by atoms with E-state index in [0.717, 1.165) is 13.0 Å². The average molecular weight is 275 g/mol. The maximum absolute atomic E-state index is 12.3. The Labute approximate surface area is 119 Å². The third-order valence-electron chi connectivity index (χ3n) is 4.42. The fraction of sp³-hybridized carbons (Fsp3) is 0.643. The Balaban J connectivity index is 1.61. The average Bonchev–Trinajstić information content (AvgIpc) is 3.08. The molecule has 2 unspecified atom stereocenters. The molecule has 2 fully saturated rings. The number of amides is 2. The summed E-state index contributed by atoms with van der Waals surface area (Å²) in [7, 11) is 0. The predicted molar refractivity (Wildman–Crippen MR) is 76.4 cm³/mol. The van der Waals surface area contributed by atoms with Crippen LogP contribution < -0.4 is 5.32 Å². The fourth-order valence-electron chi connectivity index (χ4n) is 3.33. The highest BCUT2D eigenvalue weighted by atomic mass is 16.2. The third-order valence-corrected chi connectivity index (χ3v) is 4.42. The van der Waals surface area contributed by atoms with Gasteiger partial charge in [-0.15, -0.1) is 0 Å². The number of carbonyl (C=O) groups is 1. The number of hydrogen-bond acceptors (Lipinski definition) is 4. The van der Waals surface area contributed by atoms with Crippen LogP contribution in [0, 0.1) is 0 Å². The smallest absolute Gasteiger partial charge is 0.320 e. The second kappa shape index (κ2) is 5.75. The quantitative estimate of drug-likeness (QED) is 0.890. The Morgan fingerprint density at radius 1 is 1.30 bits per heavy atom. The summed E-state index contributed by atoms with van der Waals surface area (Å²) in [5, 5.41) is 10.4. The molecule has 0 bridgehead atoms. The van der Waals surface area contributed by atoms with E-state index in [2.05, 4.69) is 27.3 Å². The fourth-order valence-corrected chi connectivity index (χ4v) is 3.33. The lowest BCUT2D eigenvalue weighted by molar-refractivity contribution is 0.177. The Kier molecular flexibility index (Phi) is 3.82. The van der Waals surface area contributed by atoms with Gasteiger partial charge in [-0.1, -0.05) is 0 Å². The molecule has 6 heteroatoms. The summed E-state index contributed by atoms with van der Waals surface area (Å²) in [6, 6.07) is 2.50. The summed E-state index contributed by atoms with van der Waals surface area (Å²) in [6.07, 6.45) is 6.80. The Morgan fingerprint density at radius 2 is 2.10 bits per heavy atom. The number of hydrogen-bond donors (Lipinski definition) is 1. The molecule has 0 aromatic carbocycles. The molecular formula is C14H21N5O. The lowest BCUT2D eigenvalue weighted by Crippen LogP contribution is -2.45. The van der Waals surface area contributed by atoms with Crippen LogP contribution in [-0.4, -0.2) is 57.7 Å². The van der Waals surface area contributed by atoms with Gasteiger partial charge in [-0.05, 0) is 45.3 Å². The van der Waals surface area contributed by atoms with Crippen LogP contribution >= 0.6 is 0 Å². The minimum absolute atomic E-state index is 0.0350. The molecule has 3 rings (SSSR count). The maximum Gasteiger partial charge on any atom is 0.322 e. The molecule has 0 aliphatic carbocycles. The highest BCUT2D eigenvalue weighted by molar-refractivity contribution is 5.89. The molecule has 1 aromatic heterocycles. The Hall–Kier alpha value is -1.69. The van der Waals surface area contributed by atoms with E-state index in [0.29, 0.717) is 11.7 Å². The first-order valence-corrected chi connectivity index (χ1v) is 7.34. The highest BCUT2D eigenvalue weighted by Gasteiger charge is 2.37. The van der Waals surface area contributed by atoms with Crippen molar-refractivity contribution in [3.8, 4) is 0 Å². The zero-order valence-corrected chi connectivity index (χ0v) is 11.8. The molecule has 2 saturated heterocycles. The summed E-state index contributed by atoms with van der Waals surface area (Å²) >= 11 is 0. The number of aromatic nitrogens is 2. The first kappa shape index (κ1) is 13.3. The van der Waals surface area contributed by atoms with Gasteiger partial charge in [-0.3, -0.25) is 4.90 Å². The molecule has 3 heterocycles. The molecule has 1 aromatic rings. The number of urea groups is 1. The topological polar surface area (TPSA) is 61.4 Å². The largest absolute Gasteiger partial charge is 0.322 e. The van der Waals surface area contributed by atoms with Crippen LogP contribution in [0.5, 0.6) is 0 Å². The lowest BCUT2D eigenvalue weighted by Gasteiger charge is -2.30. The van der Waals surface area contributed by atoms with E-state index in [1.54, 1.807) is 18.5 Å². The first-order chi connectivity index (χ1) is 9.75. The molecule has 0 radical (unpaired) electrons. The molecule has 2 aliphatic heterocycles. The number of nitrogens with one attached hydrogen (secondary N) is 1. The van der Waals surface area contributed by atoms with Gasteiger partial charge in [0.05, 0.1) is 18.1 Å². The summed E-state index contributed by atoms with van der Waals surface area (Å²) in [5.41, 5.74) is 0.696. The number of anilines is 1. The lowest BCUT2D eigenvalue weighted by atomic mass is 10.1. The van der Waals surface area contributed by atoms with Gasteiger partial charge < -0.3 is 10.2 Å². The van der Waals surface area contributed by atoms with Gasteiger partial charge in [0.25, 0.3) is 0 Å².